The summed E-state index contributed by atoms with van der Waals surface area (Å²) in [5, 5.41) is 6.82. The molecule has 2 rings (SSSR count). The molecule has 2 nitrogen and oxygen atoms in total. The van der Waals surface area contributed by atoms with Crippen LogP contribution in [0.4, 0.5) is 0 Å². The molecule has 14 heavy (non-hydrogen) atoms. The average Bonchev–Trinajstić information content (AvgIpc) is 2.70. The van der Waals surface area contributed by atoms with E-state index >= 15 is 0 Å². The summed E-state index contributed by atoms with van der Waals surface area (Å²) in [5.41, 5.74) is 3.81. The zero-order valence-corrected chi connectivity index (χ0v) is 8.49. The number of aromatic nitrogens is 2. The fourth-order valence-electron chi connectivity index (χ4n) is 1.66. The zero-order valence-electron chi connectivity index (χ0n) is 8.49. The van der Waals surface area contributed by atoms with Crippen LogP contribution in [0.5, 0.6) is 0 Å². The summed E-state index contributed by atoms with van der Waals surface area (Å²) in [5.74, 6) is 0.543. The first-order valence-corrected chi connectivity index (χ1v) is 4.87. The van der Waals surface area contributed by atoms with Crippen molar-refractivity contribution in [2.45, 2.75) is 19.8 Å². The highest BCUT2D eigenvalue weighted by Crippen LogP contribution is 2.27. The second-order valence-corrected chi connectivity index (χ2v) is 3.73. The SMILES string of the molecule is CC(C)c1ccccc1-c1cn[nH]c1. The minimum Gasteiger partial charge on any atom is -0.285 e. The van der Waals surface area contributed by atoms with Crippen molar-refractivity contribution in [2.24, 2.45) is 0 Å². The second-order valence-electron chi connectivity index (χ2n) is 3.73. The maximum Gasteiger partial charge on any atom is 0.0565 e. The number of rotatable bonds is 2. The molecule has 0 spiro atoms. The van der Waals surface area contributed by atoms with Gasteiger partial charge >= 0.3 is 0 Å². The van der Waals surface area contributed by atoms with Crippen molar-refractivity contribution in [1.29, 1.82) is 0 Å². The minimum absolute atomic E-state index is 0.543. The van der Waals surface area contributed by atoms with Crippen molar-refractivity contribution < 1.29 is 0 Å². The number of benzene rings is 1. The van der Waals surface area contributed by atoms with E-state index in [1.54, 1.807) is 0 Å². The Labute approximate surface area is 84.0 Å². The molecule has 0 fully saturated rings. The number of nitrogens with one attached hydrogen (secondary N) is 1. The minimum atomic E-state index is 0.543. The molecule has 1 N–H and O–H groups in total. The van der Waals surface area contributed by atoms with Crippen LogP contribution in [0.2, 0.25) is 0 Å². The van der Waals surface area contributed by atoms with Crippen LogP contribution in [-0.2, 0) is 0 Å². The molecular formula is C12H14N2. The predicted octanol–water partition coefficient (Wildman–Crippen LogP) is 3.20. The Balaban J connectivity index is 2.53. The van der Waals surface area contributed by atoms with Crippen LogP contribution in [0, 0.1) is 0 Å². The maximum absolute atomic E-state index is 3.97. The highest BCUT2D eigenvalue weighted by Gasteiger charge is 2.07. The molecule has 1 heterocycles. The van der Waals surface area contributed by atoms with Crippen LogP contribution in [-0.4, -0.2) is 10.2 Å². The molecule has 0 bridgehead atoms. The lowest BCUT2D eigenvalue weighted by Crippen LogP contribution is -1.90. The summed E-state index contributed by atoms with van der Waals surface area (Å²) in [4.78, 5) is 0. The van der Waals surface area contributed by atoms with Gasteiger partial charge in [0.1, 0.15) is 0 Å². The Morgan fingerprint density at radius 2 is 2.00 bits per heavy atom. The Morgan fingerprint density at radius 1 is 1.21 bits per heavy atom. The lowest BCUT2D eigenvalue weighted by atomic mass is 9.94. The normalized spacial score (nSPS) is 10.8. The molecular weight excluding hydrogens is 172 g/mol. The first-order valence-electron chi connectivity index (χ1n) is 4.87. The van der Waals surface area contributed by atoms with Crippen LogP contribution >= 0.6 is 0 Å². The monoisotopic (exact) mass is 186 g/mol. The molecule has 0 radical (unpaired) electrons. The predicted molar refractivity (Wildman–Crippen MR) is 58.1 cm³/mol. The molecule has 0 aliphatic heterocycles. The third-order valence-corrected chi connectivity index (χ3v) is 2.39. The molecule has 2 heteroatoms. The van der Waals surface area contributed by atoms with Gasteiger partial charge in [0.2, 0.25) is 0 Å². The van der Waals surface area contributed by atoms with Gasteiger partial charge in [0.15, 0.2) is 0 Å². The van der Waals surface area contributed by atoms with Crippen molar-refractivity contribution in [3.05, 3.63) is 42.2 Å². The maximum atomic E-state index is 3.97. The van der Waals surface area contributed by atoms with Gasteiger partial charge in [0.25, 0.3) is 0 Å². The van der Waals surface area contributed by atoms with Crippen molar-refractivity contribution in [1.82, 2.24) is 10.2 Å². The molecule has 0 aliphatic carbocycles. The molecule has 1 aromatic heterocycles. The van der Waals surface area contributed by atoms with Crippen molar-refractivity contribution in [2.75, 3.05) is 0 Å². The van der Waals surface area contributed by atoms with E-state index in [0.29, 0.717) is 5.92 Å². The van der Waals surface area contributed by atoms with E-state index in [1.807, 2.05) is 12.4 Å². The first kappa shape index (κ1) is 9.00. The second kappa shape index (κ2) is 3.66. The number of H-pyrrole nitrogens is 1. The van der Waals surface area contributed by atoms with Gasteiger partial charge in [0.05, 0.1) is 6.20 Å². The molecule has 0 aliphatic rings. The first-order chi connectivity index (χ1) is 6.79. The van der Waals surface area contributed by atoms with E-state index in [1.165, 1.54) is 11.1 Å². The third-order valence-electron chi connectivity index (χ3n) is 2.39. The summed E-state index contributed by atoms with van der Waals surface area (Å²) < 4.78 is 0. The van der Waals surface area contributed by atoms with Crippen LogP contribution in [0.25, 0.3) is 11.1 Å². The summed E-state index contributed by atoms with van der Waals surface area (Å²) in [7, 11) is 0. The topological polar surface area (TPSA) is 28.7 Å². The molecule has 2 aromatic rings. The van der Waals surface area contributed by atoms with Crippen LogP contribution in [0.15, 0.2) is 36.7 Å². The molecule has 0 saturated heterocycles. The Kier molecular flexibility index (Phi) is 2.35. The van der Waals surface area contributed by atoms with Crippen molar-refractivity contribution >= 4 is 0 Å². The highest BCUT2D eigenvalue weighted by molar-refractivity contribution is 5.66. The summed E-state index contributed by atoms with van der Waals surface area (Å²) >= 11 is 0. The van der Waals surface area contributed by atoms with E-state index in [4.69, 9.17) is 0 Å². The van der Waals surface area contributed by atoms with E-state index in [2.05, 4.69) is 48.3 Å². The molecule has 0 unspecified atom stereocenters. The van der Waals surface area contributed by atoms with Crippen molar-refractivity contribution in [3.63, 3.8) is 0 Å². The van der Waals surface area contributed by atoms with Crippen LogP contribution in [0.3, 0.4) is 0 Å². The molecule has 1 aromatic carbocycles. The quantitative estimate of drug-likeness (QED) is 0.766. The number of aromatic amines is 1. The van der Waals surface area contributed by atoms with Gasteiger partial charge in [-0.05, 0) is 17.0 Å². The lowest BCUT2D eigenvalue weighted by Gasteiger charge is -2.10. The standard InChI is InChI=1S/C12H14N2/c1-9(2)11-5-3-4-6-12(11)10-7-13-14-8-10/h3-9H,1-2H3,(H,13,14). The van der Waals surface area contributed by atoms with Gasteiger partial charge in [0, 0.05) is 11.8 Å². The summed E-state index contributed by atoms with van der Waals surface area (Å²) in [6, 6.07) is 8.46. The van der Waals surface area contributed by atoms with Crippen LogP contribution < -0.4 is 0 Å². The van der Waals surface area contributed by atoms with E-state index in [-0.39, 0.29) is 0 Å². The summed E-state index contributed by atoms with van der Waals surface area (Å²) in [6.07, 6.45) is 3.79. The largest absolute Gasteiger partial charge is 0.285 e. The summed E-state index contributed by atoms with van der Waals surface area (Å²) in [6.45, 7) is 4.41. The van der Waals surface area contributed by atoms with Crippen molar-refractivity contribution in [3.8, 4) is 11.1 Å². The molecule has 0 atom stereocenters. The average molecular weight is 186 g/mol. The molecule has 72 valence electrons. The fourth-order valence-corrected chi connectivity index (χ4v) is 1.66. The van der Waals surface area contributed by atoms with E-state index in [0.717, 1.165) is 5.56 Å². The van der Waals surface area contributed by atoms with E-state index in [9.17, 15) is 0 Å². The van der Waals surface area contributed by atoms with Gasteiger partial charge in [-0.3, -0.25) is 5.10 Å². The number of nitrogens with zero attached hydrogens (tertiary/aromatic N) is 1. The third kappa shape index (κ3) is 1.55. The van der Waals surface area contributed by atoms with Crippen LogP contribution in [0.1, 0.15) is 25.3 Å². The van der Waals surface area contributed by atoms with Gasteiger partial charge in [-0.25, -0.2) is 0 Å². The highest BCUT2D eigenvalue weighted by atomic mass is 15.1. The number of hydrogen-bond acceptors (Lipinski definition) is 1. The molecule has 0 amide bonds. The molecule has 0 saturated carbocycles. The van der Waals surface area contributed by atoms with Gasteiger partial charge in [-0.15, -0.1) is 0 Å². The Morgan fingerprint density at radius 3 is 2.64 bits per heavy atom. The van der Waals surface area contributed by atoms with E-state index < -0.39 is 0 Å². The van der Waals surface area contributed by atoms with Gasteiger partial charge in [-0.2, -0.15) is 5.10 Å². The lowest BCUT2D eigenvalue weighted by molar-refractivity contribution is 0.869. The zero-order chi connectivity index (χ0) is 9.97. The van der Waals surface area contributed by atoms with Gasteiger partial charge in [-0.1, -0.05) is 38.1 Å². The Bertz CT molecular complexity index is 402. The fraction of sp³-hybridized carbons (Fsp3) is 0.250. The Hall–Kier alpha value is -1.57. The number of hydrogen-bond donors (Lipinski definition) is 1. The smallest absolute Gasteiger partial charge is 0.0565 e. The van der Waals surface area contributed by atoms with Gasteiger partial charge < -0.3 is 0 Å².